The van der Waals surface area contributed by atoms with Crippen LogP contribution in [0.2, 0.25) is 0 Å². The lowest BCUT2D eigenvalue weighted by atomic mass is 10.2. The van der Waals surface area contributed by atoms with Crippen molar-refractivity contribution in [3.8, 4) is 0 Å². The standard InChI is InChI=1S/C25H28O8/c26-22(32-18-20-9-3-1-4-10-20)13-7-15-30-24(28)17-25(29)31-16-8-14-23(27)33-19-21-11-5-2-6-12-21/h1-6,9-12H,7-8,13-19H2. The number of rotatable bonds is 14. The molecular formula is C25H28O8. The summed E-state index contributed by atoms with van der Waals surface area (Å²) in [6.45, 7) is 0.381. The topological polar surface area (TPSA) is 105 Å². The molecule has 2 aromatic rings. The van der Waals surface area contributed by atoms with E-state index >= 15 is 0 Å². The molecule has 0 amide bonds. The first-order valence-electron chi connectivity index (χ1n) is 10.7. The van der Waals surface area contributed by atoms with Crippen molar-refractivity contribution in [2.45, 2.75) is 45.3 Å². The maximum atomic E-state index is 11.7. The average Bonchev–Trinajstić information content (AvgIpc) is 2.83. The Morgan fingerprint density at radius 1 is 0.515 bits per heavy atom. The minimum absolute atomic E-state index is 0.000193. The minimum atomic E-state index is -0.736. The van der Waals surface area contributed by atoms with Crippen molar-refractivity contribution in [2.24, 2.45) is 0 Å². The molecule has 0 radical (unpaired) electrons. The van der Waals surface area contributed by atoms with Crippen LogP contribution in [0.4, 0.5) is 0 Å². The van der Waals surface area contributed by atoms with Crippen LogP contribution in [-0.4, -0.2) is 37.1 Å². The van der Waals surface area contributed by atoms with Crippen molar-refractivity contribution in [1.82, 2.24) is 0 Å². The molecule has 8 heteroatoms. The number of carbonyl (C=O) groups is 4. The molecule has 0 aliphatic heterocycles. The highest BCUT2D eigenvalue weighted by atomic mass is 16.6. The first-order chi connectivity index (χ1) is 16.0. The molecular weight excluding hydrogens is 428 g/mol. The lowest BCUT2D eigenvalue weighted by Crippen LogP contribution is -2.16. The van der Waals surface area contributed by atoms with Crippen molar-refractivity contribution >= 4 is 23.9 Å². The lowest BCUT2D eigenvalue weighted by molar-refractivity contribution is -0.156. The Morgan fingerprint density at radius 2 is 0.909 bits per heavy atom. The molecule has 0 fully saturated rings. The van der Waals surface area contributed by atoms with E-state index in [2.05, 4.69) is 0 Å². The molecule has 0 heterocycles. The predicted octanol–water partition coefficient (Wildman–Crippen LogP) is 3.51. The van der Waals surface area contributed by atoms with Gasteiger partial charge in [-0.1, -0.05) is 60.7 Å². The van der Waals surface area contributed by atoms with Crippen molar-refractivity contribution in [3.63, 3.8) is 0 Å². The zero-order valence-electron chi connectivity index (χ0n) is 18.4. The van der Waals surface area contributed by atoms with Gasteiger partial charge in [-0.05, 0) is 24.0 Å². The molecule has 0 saturated heterocycles. The summed E-state index contributed by atoms with van der Waals surface area (Å²) >= 11 is 0. The molecule has 0 aliphatic carbocycles. The highest BCUT2D eigenvalue weighted by molar-refractivity contribution is 5.91. The molecule has 0 saturated carbocycles. The Balaban J connectivity index is 1.45. The number of hydrogen-bond donors (Lipinski definition) is 0. The van der Waals surface area contributed by atoms with E-state index in [0.717, 1.165) is 11.1 Å². The average molecular weight is 456 g/mol. The highest BCUT2D eigenvalue weighted by Gasteiger charge is 2.13. The van der Waals surface area contributed by atoms with Crippen LogP contribution >= 0.6 is 0 Å². The van der Waals surface area contributed by atoms with Gasteiger partial charge in [0.15, 0.2) is 0 Å². The zero-order valence-corrected chi connectivity index (χ0v) is 18.4. The second-order valence-electron chi connectivity index (χ2n) is 7.12. The van der Waals surface area contributed by atoms with Gasteiger partial charge in [0.2, 0.25) is 0 Å². The van der Waals surface area contributed by atoms with Gasteiger partial charge in [0.25, 0.3) is 0 Å². The molecule has 0 unspecified atom stereocenters. The number of ether oxygens (including phenoxy) is 4. The highest BCUT2D eigenvalue weighted by Crippen LogP contribution is 2.05. The fourth-order valence-corrected chi connectivity index (χ4v) is 2.65. The molecule has 8 nitrogen and oxygen atoms in total. The van der Waals surface area contributed by atoms with Crippen molar-refractivity contribution in [2.75, 3.05) is 13.2 Å². The van der Waals surface area contributed by atoms with Crippen LogP contribution in [0.15, 0.2) is 60.7 Å². The van der Waals surface area contributed by atoms with Crippen molar-refractivity contribution in [3.05, 3.63) is 71.8 Å². The van der Waals surface area contributed by atoms with Crippen LogP contribution in [0, 0.1) is 0 Å². The van der Waals surface area contributed by atoms with Gasteiger partial charge < -0.3 is 18.9 Å². The van der Waals surface area contributed by atoms with Gasteiger partial charge in [0.1, 0.15) is 19.6 Å². The van der Waals surface area contributed by atoms with E-state index in [-0.39, 0.29) is 39.3 Å². The van der Waals surface area contributed by atoms with Crippen molar-refractivity contribution in [1.29, 1.82) is 0 Å². The molecule has 0 atom stereocenters. The molecule has 0 aromatic heterocycles. The van der Waals surface area contributed by atoms with Gasteiger partial charge in [-0.2, -0.15) is 0 Å². The Bertz CT molecular complexity index is 806. The van der Waals surface area contributed by atoms with Crippen LogP contribution < -0.4 is 0 Å². The van der Waals surface area contributed by atoms with Crippen LogP contribution in [0.3, 0.4) is 0 Å². The third kappa shape index (κ3) is 12.1. The first-order valence-corrected chi connectivity index (χ1v) is 10.7. The molecule has 33 heavy (non-hydrogen) atoms. The second-order valence-corrected chi connectivity index (χ2v) is 7.12. The van der Waals surface area contributed by atoms with E-state index in [9.17, 15) is 19.2 Å². The van der Waals surface area contributed by atoms with E-state index in [1.54, 1.807) is 0 Å². The minimum Gasteiger partial charge on any atom is -0.465 e. The van der Waals surface area contributed by atoms with Crippen molar-refractivity contribution < 1.29 is 38.1 Å². The monoisotopic (exact) mass is 456 g/mol. The third-order valence-corrected chi connectivity index (χ3v) is 4.35. The Morgan fingerprint density at radius 3 is 1.30 bits per heavy atom. The summed E-state index contributed by atoms with van der Waals surface area (Å²) in [4.78, 5) is 46.7. The zero-order chi connectivity index (χ0) is 23.7. The summed E-state index contributed by atoms with van der Waals surface area (Å²) in [6, 6.07) is 18.6. The largest absolute Gasteiger partial charge is 0.465 e. The third-order valence-electron chi connectivity index (χ3n) is 4.35. The van der Waals surface area contributed by atoms with Gasteiger partial charge >= 0.3 is 23.9 Å². The molecule has 176 valence electrons. The van der Waals surface area contributed by atoms with Crippen LogP contribution in [0.25, 0.3) is 0 Å². The normalized spacial score (nSPS) is 10.2. The van der Waals surface area contributed by atoms with E-state index in [1.807, 2.05) is 60.7 Å². The van der Waals surface area contributed by atoms with E-state index < -0.39 is 30.3 Å². The summed E-state index contributed by atoms with van der Waals surface area (Å²) < 4.78 is 20.1. The van der Waals surface area contributed by atoms with E-state index in [0.29, 0.717) is 12.8 Å². The summed E-state index contributed by atoms with van der Waals surface area (Å²) in [6.07, 6.45) is 0.256. The van der Waals surface area contributed by atoms with E-state index in [1.165, 1.54) is 0 Å². The van der Waals surface area contributed by atoms with Crippen LogP contribution in [0.5, 0.6) is 0 Å². The van der Waals surface area contributed by atoms with Gasteiger partial charge in [0, 0.05) is 12.8 Å². The summed E-state index contributed by atoms with van der Waals surface area (Å²) in [5, 5.41) is 0. The Kier molecular flexibility index (Phi) is 11.8. The Hall–Kier alpha value is -3.68. The molecule has 0 bridgehead atoms. The predicted molar refractivity (Wildman–Crippen MR) is 117 cm³/mol. The maximum Gasteiger partial charge on any atom is 0.317 e. The fraction of sp³-hybridized carbons (Fsp3) is 0.360. The molecule has 2 aromatic carbocycles. The lowest BCUT2D eigenvalue weighted by Gasteiger charge is -2.07. The smallest absolute Gasteiger partial charge is 0.317 e. The number of carbonyl (C=O) groups excluding carboxylic acids is 4. The SMILES string of the molecule is O=C(CCCOC(=O)CC(=O)OCCCC(=O)OCc1ccccc1)OCc1ccccc1. The van der Waals surface area contributed by atoms with Crippen LogP contribution in [-0.2, 0) is 51.3 Å². The summed E-state index contributed by atoms with van der Waals surface area (Å²) in [5.74, 6) is -2.26. The fourth-order valence-electron chi connectivity index (χ4n) is 2.65. The summed E-state index contributed by atoms with van der Waals surface area (Å²) in [7, 11) is 0. The number of esters is 4. The second kappa shape index (κ2) is 15.2. The molecule has 0 N–H and O–H groups in total. The van der Waals surface area contributed by atoms with Gasteiger partial charge in [-0.25, -0.2) is 0 Å². The van der Waals surface area contributed by atoms with Gasteiger partial charge in [-0.15, -0.1) is 0 Å². The first kappa shape index (κ1) is 25.6. The van der Waals surface area contributed by atoms with E-state index in [4.69, 9.17) is 18.9 Å². The van der Waals surface area contributed by atoms with Gasteiger partial charge in [-0.3, -0.25) is 19.2 Å². The van der Waals surface area contributed by atoms with Crippen LogP contribution in [0.1, 0.15) is 43.2 Å². The quantitative estimate of drug-likeness (QED) is 0.184. The maximum absolute atomic E-state index is 11.7. The number of hydrogen-bond acceptors (Lipinski definition) is 8. The molecule has 0 aliphatic rings. The summed E-state index contributed by atoms with van der Waals surface area (Å²) in [5.41, 5.74) is 1.78. The van der Waals surface area contributed by atoms with Gasteiger partial charge in [0.05, 0.1) is 13.2 Å². The Labute approximate surface area is 192 Å². The molecule has 0 spiro atoms. The number of benzene rings is 2. The molecule has 2 rings (SSSR count).